The first-order chi connectivity index (χ1) is 14.4. The molecule has 152 valence electrons. The third kappa shape index (κ3) is 4.09. The van der Waals surface area contributed by atoms with E-state index in [1.54, 1.807) is 48.9 Å². The predicted octanol–water partition coefficient (Wildman–Crippen LogP) is 5.55. The first-order valence-corrected chi connectivity index (χ1v) is 10.3. The summed E-state index contributed by atoms with van der Waals surface area (Å²) in [5, 5.41) is 1.66. The molecule has 4 aromatic rings. The standard InChI is InChI=1S/C22H18O7P/c1-13-9-26-21-5-3-15(7-17(13)21)19(23)11-28-30(25)29-12-20(24)16-4-6-22-18(8-16)14(2)10-27-22/h3-10H,11-12H2,1-2H3/q+1. The fourth-order valence-corrected chi connectivity index (χ4v) is 3.61. The number of carbonyl (C=O) groups is 2. The highest BCUT2D eigenvalue weighted by molar-refractivity contribution is 7.33. The van der Waals surface area contributed by atoms with Gasteiger partial charge in [-0.3, -0.25) is 9.59 Å². The summed E-state index contributed by atoms with van der Waals surface area (Å²) in [7, 11) is -2.62. The normalized spacial score (nSPS) is 11.3. The van der Waals surface area contributed by atoms with Gasteiger partial charge in [0.15, 0.2) is 24.8 Å². The Morgan fingerprint density at radius 3 is 1.67 bits per heavy atom. The zero-order chi connectivity index (χ0) is 21.3. The fraction of sp³-hybridized carbons (Fsp3) is 0.182. The summed E-state index contributed by atoms with van der Waals surface area (Å²) < 4.78 is 32.6. The molecule has 0 aliphatic carbocycles. The molecule has 0 bridgehead atoms. The average Bonchev–Trinajstić information content (AvgIpc) is 3.32. The molecule has 2 heterocycles. The number of hydrogen-bond acceptors (Lipinski definition) is 7. The highest BCUT2D eigenvalue weighted by Gasteiger charge is 2.25. The van der Waals surface area contributed by atoms with Gasteiger partial charge in [0, 0.05) is 26.5 Å². The number of ketones is 2. The number of hydrogen-bond donors (Lipinski definition) is 0. The Bertz CT molecular complexity index is 1180. The van der Waals surface area contributed by atoms with Gasteiger partial charge in [-0.25, -0.2) is 0 Å². The van der Waals surface area contributed by atoms with Crippen LogP contribution in [0, 0.1) is 13.8 Å². The van der Waals surface area contributed by atoms with Crippen molar-refractivity contribution in [3.05, 3.63) is 71.2 Å². The lowest BCUT2D eigenvalue weighted by atomic mass is 10.1. The van der Waals surface area contributed by atoms with Crippen molar-refractivity contribution >= 4 is 41.8 Å². The van der Waals surface area contributed by atoms with Crippen LogP contribution in [0.4, 0.5) is 0 Å². The van der Waals surface area contributed by atoms with E-state index in [9.17, 15) is 14.2 Å². The minimum absolute atomic E-state index is 0.350. The SMILES string of the molecule is Cc1coc2ccc(C(=O)CO[P+](=O)OCC(=O)c3ccc4occ(C)c4c3)cc12. The second kappa shape index (κ2) is 8.32. The van der Waals surface area contributed by atoms with Crippen LogP contribution in [0.25, 0.3) is 21.9 Å². The van der Waals surface area contributed by atoms with Gasteiger partial charge in [-0.2, -0.15) is 0 Å². The molecule has 0 N–H and O–H groups in total. The van der Waals surface area contributed by atoms with Gasteiger partial charge in [-0.1, -0.05) is 0 Å². The summed E-state index contributed by atoms with van der Waals surface area (Å²) in [4.78, 5) is 24.6. The predicted molar refractivity (Wildman–Crippen MR) is 110 cm³/mol. The number of rotatable bonds is 8. The maximum atomic E-state index is 12.3. The number of benzene rings is 2. The average molecular weight is 425 g/mol. The monoisotopic (exact) mass is 425 g/mol. The quantitative estimate of drug-likeness (QED) is 0.270. The molecule has 8 heteroatoms. The lowest BCUT2D eigenvalue weighted by Gasteiger charge is -1.99. The molecule has 0 radical (unpaired) electrons. The van der Waals surface area contributed by atoms with Gasteiger partial charge < -0.3 is 8.83 Å². The number of carbonyl (C=O) groups excluding carboxylic acids is 2. The van der Waals surface area contributed by atoms with E-state index in [4.69, 9.17) is 17.9 Å². The third-order valence-electron chi connectivity index (χ3n) is 4.78. The second-order valence-electron chi connectivity index (χ2n) is 6.88. The van der Waals surface area contributed by atoms with Crippen molar-refractivity contribution in [1.82, 2.24) is 0 Å². The summed E-state index contributed by atoms with van der Waals surface area (Å²) >= 11 is 0. The molecule has 4 rings (SSSR count). The van der Waals surface area contributed by atoms with Gasteiger partial charge in [0.2, 0.25) is 0 Å². The summed E-state index contributed by atoms with van der Waals surface area (Å²) in [6.07, 6.45) is 3.23. The van der Waals surface area contributed by atoms with Crippen molar-refractivity contribution in [1.29, 1.82) is 0 Å². The maximum absolute atomic E-state index is 12.3. The maximum Gasteiger partial charge on any atom is 0.698 e. The largest absolute Gasteiger partial charge is 0.698 e. The van der Waals surface area contributed by atoms with E-state index in [1.807, 2.05) is 13.8 Å². The Balaban J connectivity index is 1.31. The van der Waals surface area contributed by atoms with E-state index in [2.05, 4.69) is 0 Å². The molecule has 0 saturated carbocycles. The van der Waals surface area contributed by atoms with E-state index >= 15 is 0 Å². The highest BCUT2D eigenvalue weighted by Crippen LogP contribution is 2.27. The number of aryl methyl sites for hydroxylation is 2. The Morgan fingerprint density at radius 1 is 0.800 bits per heavy atom. The molecule has 0 aliphatic rings. The second-order valence-corrected chi connectivity index (χ2v) is 7.84. The van der Waals surface area contributed by atoms with Crippen molar-refractivity contribution < 1.29 is 32.0 Å². The van der Waals surface area contributed by atoms with Gasteiger partial charge in [0.1, 0.15) is 11.2 Å². The first-order valence-electron chi connectivity index (χ1n) is 9.17. The number of Topliss-reactive ketones (excluding diaryl/α,β-unsaturated/α-hetero) is 2. The number of furan rings is 2. The van der Waals surface area contributed by atoms with Crippen molar-refractivity contribution in [2.75, 3.05) is 13.2 Å². The van der Waals surface area contributed by atoms with E-state index in [0.717, 1.165) is 21.9 Å². The van der Waals surface area contributed by atoms with Crippen molar-refractivity contribution in [2.45, 2.75) is 13.8 Å². The van der Waals surface area contributed by atoms with Gasteiger partial charge >= 0.3 is 8.25 Å². The fourth-order valence-electron chi connectivity index (χ4n) is 3.09. The molecule has 0 fully saturated rings. The molecule has 2 aromatic heterocycles. The van der Waals surface area contributed by atoms with E-state index in [1.165, 1.54) is 0 Å². The minimum atomic E-state index is -2.62. The van der Waals surface area contributed by atoms with E-state index in [-0.39, 0.29) is 11.6 Å². The molecule has 0 unspecified atom stereocenters. The van der Waals surface area contributed by atoms with Crippen molar-refractivity contribution in [3.63, 3.8) is 0 Å². The Kier molecular flexibility index (Phi) is 5.59. The first kappa shape index (κ1) is 20.2. The van der Waals surface area contributed by atoms with Crippen molar-refractivity contribution in [3.8, 4) is 0 Å². The van der Waals surface area contributed by atoms with Crippen LogP contribution in [0.5, 0.6) is 0 Å². The van der Waals surface area contributed by atoms with Crippen LogP contribution in [0.2, 0.25) is 0 Å². The van der Waals surface area contributed by atoms with Crippen LogP contribution in [0.3, 0.4) is 0 Å². The topological polar surface area (TPSA) is 96.0 Å². The Morgan fingerprint density at radius 2 is 1.23 bits per heavy atom. The smallest absolute Gasteiger partial charge is 0.464 e. The lowest BCUT2D eigenvalue weighted by molar-refractivity contribution is 0.0877. The number of fused-ring (bicyclic) bond motifs is 2. The van der Waals surface area contributed by atoms with Crippen LogP contribution in [0.15, 0.2) is 57.8 Å². The molecule has 0 saturated heterocycles. The van der Waals surface area contributed by atoms with Crippen LogP contribution >= 0.6 is 8.25 Å². The molecule has 0 amide bonds. The molecule has 30 heavy (non-hydrogen) atoms. The minimum Gasteiger partial charge on any atom is -0.464 e. The van der Waals surface area contributed by atoms with Crippen molar-refractivity contribution in [2.24, 2.45) is 0 Å². The molecular weight excluding hydrogens is 407 g/mol. The molecular formula is C22H18O7P+. The molecule has 2 aromatic carbocycles. The van der Waals surface area contributed by atoms with Gasteiger partial charge in [0.05, 0.1) is 12.5 Å². The van der Waals surface area contributed by atoms with E-state index in [0.29, 0.717) is 22.3 Å². The van der Waals surface area contributed by atoms with Crippen LogP contribution in [0.1, 0.15) is 31.8 Å². The Hall–Kier alpha value is -3.12. The van der Waals surface area contributed by atoms with Crippen LogP contribution in [-0.2, 0) is 13.6 Å². The van der Waals surface area contributed by atoms with Crippen LogP contribution < -0.4 is 0 Å². The van der Waals surface area contributed by atoms with E-state index < -0.39 is 21.5 Å². The van der Waals surface area contributed by atoms with Gasteiger partial charge in [-0.05, 0) is 61.4 Å². The van der Waals surface area contributed by atoms with Crippen LogP contribution in [-0.4, -0.2) is 24.8 Å². The summed E-state index contributed by atoms with van der Waals surface area (Å²) in [5.74, 6) is -0.701. The summed E-state index contributed by atoms with van der Waals surface area (Å²) in [5.41, 5.74) is 4.02. The Labute approximate surface area is 172 Å². The van der Waals surface area contributed by atoms with Gasteiger partial charge in [0.25, 0.3) is 0 Å². The molecule has 7 nitrogen and oxygen atoms in total. The van der Waals surface area contributed by atoms with Gasteiger partial charge in [-0.15, -0.1) is 9.05 Å². The molecule has 0 spiro atoms. The zero-order valence-corrected chi connectivity index (χ0v) is 17.2. The molecule has 0 aliphatic heterocycles. The summed E-state index contributed by atoms with van der Waals surface area (Å²) in [6.45, 7) is 2.91. The summed E-state index contributed by atoms with van der Waals surface area (Å²) in [6, 6.07) is 10.0. The lowest BCUT2D eigenvalue weighted by Crippen LogP contribution is -2.09. The third-order valence-corrected chi connectivity index (χ3v) is 5.46. The highest BCUT2D eigenvalue weighted by atomic mass is 31.1. The zero-order valence-electron chi connectivity index (χ0n) is 16.3. The molecule has 0 atom stereocenters.